The van der Waals surface area contributed by atoms with Crippen LogP contribution < -0.4 is 5.73 Å². The van der Waals surface area contributed by atoms with E-state index in [2.05, 4.69) is 42.3 Å². The molecule has 2 N–H and O–H groups in total. The van der Waals surface area contributed by atoms with Gasteiger partial charge in [-0.15, -0.1) is 0 Å². The second kappa shape index (κ2) is 6.28. The fourth-order valence-corrected chi connectivity index (χ4v) is 4.08. The number of nitrogens with zero attached hydrogens (tertiary/aromatic N) is 1. The summed E-state index contributed by atoms with van der Waals surface area (Å²) in [6.45, 7) is 0.850. The minimum absolute atomic E-state index is 0.684. The largest absolute Gasteiger partial charge is 0.330 e. The smallest absolute Gasteiger partial charge is 0.0141 e. The Morgan fingerprint density at radius 3 is 2.45 bits per heavy atom. The maximum atomic E-state index is 6.05. The van der Waals surface area contributed by atoms with E-state index in [-0.39, 0.29) is 0 Å². The normalized spacial score (nSPS) is 31.2. The molecule has 0 radical (unpaired) electrons. The van der Waals surface area contributed by atoms with Gasteiger partial charge in [-0.05, 0) is 63.1 Å². The minimum atomic E-state index is 0.684. The summed E-state index contributed by atoms with van der Waals surface area (Å²) in [6, 6.07) is 12.6. The fraction of sp³-hybridized carbons (Fsp3) is 0.667. The van der Waals surface area contributed by atoms with Gasteiger partial charge in [0, 0.05) is 12.1 Å². The van der Waals surface area contributed by atoms with Crippen molar-refractivity contribution in [2.45, 2.75) is 56.5 Å². The zero-order valence-corrected chi connectivity index (χ0v) is 12.7. The lowest BCUT2D eigenvalue weighted by Gasteiger charge is -2.46. The molecule has 3 atom stereocenters. The summed E-state index contributed by atoms with van der Waals surface area (Å²) < 4.78 is 0. The predicted octanol–water partition coefficient (Wildman–Crippen LogP) is 3.38. The molecule has 20 heavy (non-hydrogen) atoms. The molecule has 3 unspecified atom stereocenters. The van der Waals surface area contributed by atoms with Crippen LogP contribution >= 0.6 is 0 Å². The van der Waals surface area contributed by atoms with Crippen LogP contribution in [0.5, 0.6) is 0 Å². The highest BCUT2D eigenvalue weighted by Crippen LogP contribution is 2.39. The van der Waals surface area contributed by atoms with Crippen LogP contribution in [0.25, 0.3) is 0 Å². The summed E-state index contributed by atoms with van der Waals surface area (Å²) in [5.74, 6) is 1.42. The number of rotatable bonds is 4. The highest BCUT2D eigenvalue weighted by Gasteiger charge is 2.36. The van der Waals surface area contributed by atoms with E-state index in [0.29, 0.717) is 12.0 Å². The monoisotopic (exact) mass is 272 g/mol. The first-order valence-corrected chi connectivity index (χ1v) is 8.26. The fourth-order valence-electron chi connectivity index (χ4n) is 4.08. The predicted molar refractivity (Wildman–Crippen MR) is 84.8 cm³/mol. The van der Waals surface area contributed by atoms with Gasteiger partial charge in [0.05, 0.1) is 0 Å². The molecule has 0 amide bonds. The molecule has 2 nitrogen and oxygen atoms in total. The molecule has 0 bridgehead atoms. The van der Waals surface area contributed by atoms with Crippen molar-refractivity contribution in [2.75, 3.05) is 13.6 Å². The van der Waals surface area contributed by atoms with E-state index < -0.39 is 0 Å². The van der Waals surface area contributed by atoms with Crippen molar-refractivity contribution in [1.29, 1.82) is 0 Å². The van der Waals surface area contributed by atoms with Gasteiger partial charge < -0.3 is 10.6 Å². The second-order valence-corrected chi connectivity index (χ2v) is 6.73. The van der Waals surface area contributed by atoms with E-state index in [1.54, 1.807) is 0 Å². The van der Waals surface area contributed by atoms with Crippen LogP contribution in [0.2, 0.25) is 0 Å². The SMILES string of the molecule is CN(C1CCC1)C1CC(c2ccccc2)CCC1CN. The maximum absolute atomic E-state index is 6.05. The summed E-state index contributed by atoms with van der Waals surface area (Å²) in [5, 5.41) is 0. The number of hydrogen-bond donors (Lipinski definition) is 1. The first-order valence-electron chi connectivity index (χ1n) is 8.26. The average molecular weight is 272 g/mol. The summed E-state index contributed by atoms with van der Waals surface area (Å²) in [6.07, 6.45) is 8.08. The Bertz CT molecular complexity index is 413. The standard InChI is InChI=1S/C18H28N2/c1-20(17-8-5-9-17)18-12-15(10-11-16(18)13-19)14-6-3-2-4-7-14/h2-4,6-7,15-18H,5,8-13,19H2,1H3. The van der Waals surface area contributed by atoms with Gasteiger partial charge in [0.15, 0.2) is 0 Å². The minimum Gasteiger partial charge on any atom is -0.330 e. The van der Waals surface area contributed by atoms with Crippen LogP contribution in [-0.2, 0) is 0 Å². The van der Waals surface area contributed by atoms with Crippen molar-refractivity contribution in [1.82, 2.24) is 4.90 Å². The maximum Gasteiger partial charge on any atom is 0.0141 e. The molecule has 1 aromatic rings. The highest BCUT2D eigenvalue weighted by atomic mass is 15.2. The van der Waals surface area contributed by atoms with Crippen molar-refractivity contribution in [3.05, 3.63) is 35.9 Å². The van der Waals surface area contributed by atoms with Crippen LogP contribution in [0.3, 0.4) is 0 Å². The van der Waals surface area contributed by atoms with Gasteiger partial charge in [0.25, 0.3) is 0 Å². The van der Waals surface area contributed by atoms with Crippen LogP contribution in [-0.4, -0.2) is 30.6 Å². The van der Waals surface area contributed by atoms with Gasteiger partial charge >= 0.3 is 0 Å². The lowest BCUT2D eigenvalue weighted by Crippen LogP contribution is -2.51. The van der Waals surface area contributed by atoms with E-state index in [1.165, 1.54) is 44.1 Å². The van der Waals surface area contributed by atoms with E-state index in [1.807, 2.05) is 0 Å². The van der Waals surface area contributed by atoms with Crippen LogP contribution in [0.15, 0.2) is 30.3 Å². The Morgan fingerprint density at radius 2 is 1.85 bits per heavy atom. The molecule has 2 aliphatic carbocycles. The molecule has 0 saturated heterocycles. The van der Waals surface area contributed by atoms with Crippen LogP contribution in [0.1, 0.15) is 50.0 Å². The molecule has 3 rings (SSSR count). The van der Waals surface area contributed by atoms with E-state index in [9.17, 15) is 0 Å². The van der Waals surface area contributed by atoms with Gasteiger partial charge in [0.2, 0.25) is 0 Å². The van der Waals surface area contributed by atoms with Crippen molar-refractivity contribution < 1.29 is 0 Å². The van der Waals surface area contributed by atoms with E-state index >= 15 is 0 Å². The summed E-state index contributed by atoms with van der Waals surface area (Å²) in [5.41, 5.74) is 7.57. The molecule has 2 aliphatic rings. The average Bonchev–Trinajstić information content (AvgIpc) is 2.45. The third-order valence-electron chi connectivity index (χ3n) is 5.70. The zero-order valence-electron chi connectivity index (χ0n) is 12.7. The molecule has 2 fully saturated rings. The molecule has 2 heteroatoms. The first-order chi connectivity index (χ1) is 9.79. The zero-order chi connectivity index (χ0) is 13.9. The van der Waals surface area contributed by atoms with Gasteiger partial charge in [-0.1, -0.05) is 36.8 Å². The topological polar surface area (TPSA) is 29.3 Å². The third kappa shape index (κ3) is 2.77. The second-order valence-electron chi connectivity index (χ2n) is 6.73. The van der Waals surface area contributed by atoms with E-state index in [4.69, 9.17) is 5.73 Å². The number of hydrogen-bond acceptors (Lipinski definition) is 2. The number of nitrogens with two attached hydrogens (primary N) is 1. The molecular formula is C18H28N2. The molecule has 2 saturated carbocycles. The van der Waals surface area contributed by atoms with Gasteiger partial charge in [-0.3, -0.25) is 0 Å². The van der Waals surface area contributed by atoms with E-state index in [0.717, 1.165) is 18.5 Å². The Labute approximate surface area is 123 Å². The van der Waals surface area contributed by atoms with Gasteiger partial charge in [-0.25, -0.2) is 0 Å². The van der Waals surface area contributed by atoms with Crippen LogP contribution in [0, 0.1) is 5.92 Å². The Hall–Kier alpha value is -0.860. The molecule has 0 aliphatic heterocycles. The molecule has 0 heterocycles. The molecule has 0 aromatic heterocycles. The Kier molecular flexibility index (Phi) is 4.42. The molecular weight excluding hydrogens is 244 g/mol. The molecule has 1 aromatic carbocycles. The van der Waals surface area contributed by atoms with Crippen molar-refractivity contribution in [3.8, 4) is 0 Å². The van der Waals surface area contributed by atoms with Crippen molar-refractivity contribution in [2.24, 2.45) is 11.7 Å². The van der Waals surface area contributed by atoms with Crippen molar-refractivity contribution in [3.63, 3.8) is 0 Å². The lowest BCUT2D eigenvalue weighted by molar-refractivity contribution is 0.0496. The summed E-state index contributed by atoms with van der Waals surface area (Å²) in [4.78, 5) is 2.66. The van der Waals surface area contributed by atoms with Crippen LogP contribution in [0.4, 0.5) is 0 Å². The quantitative estimate of drug-likeness (QED) is 0.910. The lowest BCUT2D eigenvalue weighted by atomic mass is 9.74. The highest BCUT2D eigenvalue weighted by molar-refractivity contribution is 5.20. The Morgan fingerprint density at radius 1 is 1.10 bits per heavy atom. The van der Waals surface area contributed by atoms with Crippen molar-refractivity contribution >= 4 is 0 Å². The summed E-state index contributed by atoms with van der Waals surface area (Å²) >= 11 is 0. The Balaban J connectivity index is 1.72. The number of benzene rings is 1. The summed E-state index contributed by atoms with van der Waals surface area (Å²) in [7, 11) is 2.34. The third-order valence-corrected chi connectivity index (χ3v) is 5.70. The van der Waals surface area contributed by atoms with Gasteiger partial charge in [-0.2, -0.15) is 0 Å². The first kappa shape index (κ1) is 14.1. The van der Waals surface area contributed by atoms with Gasteiger partial charge in [0.1, 0.15) is 0 Å². The molecule has 110 valence electrons. The molecule has 0 spiro atoms.